The van der Waals surface area contributed by atoms with Crippen LogP contribution in [0.3, 0.4) is 0 Å². The van der Waals surface area contributed by atoms with Gasteiger partial charge in [-0.25, -0.2) is 8.42 Å². The van der Waals surface area contributed by atoms with Crippen molar-refractivity contribution in [2.24, 2.45) is 0 Å². The van der Waals surface area contributed by atoms with Crippen LogP contribution >= 0.6 is 0 Å². The summed E-state index contributed by atoms with van der Waals surface area (Å²) in [5.41, 5.74) is 5.87. The molecule has 0 aromatic heterocycles. The van der Waals surface area contributed by atoms with Crippen molar-refractivity contribution >= 4 is 21.5 Å². The highest BCUT2D eigenvalue weighted by Gasteiger charge is 2.15. The highest BCUT2D eigenvalue weighted by Crippen LogP contribution is 2.13. The highest BCUT2D eigenvalue weighted by molar-refractivity contribution is 7.91. The summed E-state index contributed by atoms with van der Waals surface area (Å²) in [6.07, 6.45) is -0.396. The van der Waals surface area contributed by atoms with E-state index in [-0.39, 0.29) is 4.90 Å². The molecule has 1 aromatic rings. The topological polar surface area (TPSA) is 97.5 Å². The zero-order chi connectivity index (χ0) is 11.5. The lowest BCUT2D eigenvalue weighted by Gasteiger charge is -2.02. The van der Waals surface area contributed by atoms with Gasteiger partial charge in [0.05, 0.1) is 17.1 Å². The van der Waals surface area contributed by atoms with Crippen LogP contribution in [0.1, 0.15) is 6.42 Å². The monoisotopic (exact) mass is 229 g/mol. The Kier molecular flexibility index (Phi) is 3.31. The van der Waals surface area contributed by atoms with Gasteiger partial charge in [-0.1, -0.05) is 0 Å². The Labute approximate surface area is 87.4 Å². The molecule has 0 saturated carbocycles. The number of rotatable bonds is 4. The molecule has 0 aliphatic rings. The van der Waals surface area contributed by atoms with Crippen LogP contribution in [0.2, 0.25) is 0 Å². The van der Waals surface area contributed by atoms with Crippen molar-refractivity contribution in [2.45, 2.75) is 11.3 Å². The number of nitrogen functional groups attached to an aromatic ring is 1. The predicted molar refractivity (Wildman–Crippen MR) is 55.2 cm³/mol. The van der Waals surface area contributed by atoms with Gasteiger partial charge in [0.2, 0.25) is 0 Å². The van der Waals surface area contributed by atoms with Gasteiger partial charge in [0.15, 0.2) is 9.84 Å². The van der Waals surface area contributed by atoms with Gasteiger partial charge in [0, 0.05) is 5.69 Å². The Morgan fingerprint density at radius 3 is 2.27 bits per heavy atom. The number of nitrogens with two attached hydrogens (primary N) is 1. The third-order valence-corrected chi connectivity index (χ3v) is 3.56. The molecule has 5 nitrogen and oxygen atoms in total. The van der Waals surface area contributed by atoms with Crippen LogP contribution in [0.25, 0.3) is 0 Å². The van der Waals surface area contributed by atoms with E-state index in [2.05, 4.69) is 0 Å². The largest absolute Gasteiger partial charge is 0.481 e. The van der Waals surface area contributed by atoms with Gasteiger partial charge in [-0.3, -0.25) is 4.79 Å². The fourth-order valence-electron chi connectivity index (χ4n) is 1.01. The first-order chi connectivity index (χ1) is 6.92. The van der Waals surface area contributed by atoms with Gasteiger partial charge in [-0.15, -0.1) is 0 Å². The second-order valence-corrected chi connectivity index (χ2v) is 5.14. The van der Waals surface area contributed by atoms with Gasteiger partial charge in [-0.05, 0) is 24.3 Å². The Morgan fingerprint density at radius 2 is 1.80 bits per heavy atom. The molecular weight excluding hydrogens is 218 g/mol. The standard InChI is InChI=1S/C9H11NO4S/c10-7-1-3-8(4-2-7)15(13,14)6-5-9(11)12/h1-4H,5-6,10H2,(H,11,12). The first-order valence-corrected chi connectivity index (χ1v) is 5.87. The molecule has 0 fully saturated rings. The van der Waals surface area contributed by atoms with Crippen molar-refractivity contribution in [3.63, 3.8) is 0 Å². The second-order valence-electron chi connectivity index (χ2n) is 3.03. The second kappa shape index (κ2) is 4.31. The van der Waals surface area contributed by atoms with Gasteiger partial charge in [0.25, 0.3) is 0 Å². The molecule has 6 heteroatoms. The van der Waals surface area contributed by atoms with E-state index in [1.54, 1.807) is 0 Å². The summed E-state index contributed by atoms with van der Waals surface area (Å²) in [7, 11) is -3.51. The lowest BCUT2D eigenvalue weighted by Crippen LogP contribution is -2.10. The van der Waals surface area contributed by atoms with Crippen molar-refractivity contribution in [3.05, 3.63) is 24.3 Å². The Bertz CT molecular complexity index is 450. The molecule has 0 heterocycles. The SMILES string of the molecule is Nc1ccc(S(=O)(=O)CCC(=O)O)cc1. The molecule has 0 radical (unpaired) electrons. The summed E-state index contributed by atoms with van der Waals surface area (Å²) < 4.78 is 23.1. The summed E-state index contributed by atoms with van der Waals surface area (Å²) >= 11 is 0. The average molecular weight is 229 g/mol. The third kappa shape index (κ3) is 3.25. The normalized spacial score (nSPS) is 11.2. The summed E-state index contributed by atoms with van der Waals surface area (Å²) in [5.74, 6) is -1.53. The van der Waals surface area contributed by atoms with Crippen LogP contribution in [0.15, 0.2) is 29.2 Å². The molecule has 0 spiro atoms. The lowest BCUT2D eigenvalue weighted by atomic mass is 10.3. The minimum Gasteiger partial charge on any atom is -0.481 e. The number of aliphatic carboxylic acids is 1. The smallest absolute Gasteiger partial charge is 0.304 e. The van der Waals surface area contributed by atoms with E-state index < -0.39 is 28.0 Å². The molecule has 1 rings (SSSR count). The number of carboxylic acid groups (broad SMARTS) is 1. The minimum atomic E-state index is -3.51. The van der Waals surface area contributed by atoms with Crippen LogP contribution in [0.5, 0.6) is 0 Å². The molecule has 82 valence electrons. The molecule has 0 unspecified atom stereocenters. The van der Waals surface area contributed by atoms with Crippen molar-refractivity contribution < 1.29 is 18.3 Å². The van der Waals surface area contributed by atoms with Crippen LogP contribution < -0.4 is 5.73 Å². The number of hydrogen-bond donors (Lipinski definition) is 2. The van der Waals surface area contributed by atoms with Gasteiger partial charge in [0.1, 0.15) is 0 Å². The van der Waals surface area contributed by atoms with Crippen LogP contribution in [-0.4, -0.2) is 25.2 Å². The average Bonchev–Trinajstić information content (AvgIpc) is 2.16. The molecule has 0 aliphatic carbocycles. The highest BCUT2D eigenvalue weighted by atomic mass is 32.2. The van der Waals surface area contributed by atoms with Gasteiger partial charge in [-0.2, -0.15) is 0 Å². The van der Waals surface area contributed by atoms with Crippen LogP contribution in [0, 0.1) is 0 Å². The van der Waals surface area contributed by atoms with E-state index in [1.165, 1.54) is 24.3 Å². The molecule has 0 amide bonds. The van der Waals surface area contributed by atoms with Crippen molar-refractivity contribution in [3.8, 4) is 0 Å². The molecule has 1 aromatic carbocycles. The van der Waals surface area contributed by atoms with E-state index in [0.29, 0.717) is 5.69 Å². The number of carbonyl (C=O) groups is 1. The van der Waals surface area contributed by atoms with Gasteiger partial charge >= 0.3 is 5.97 Å². The molecule has 0 atom stereocenters. The summed E-state index contributed by atoms with van der Waals surface area (Å²) in [4.78, 5) is 10.3. The lowest BCUT2D eigenvalue weighted by molar-refractivity contribution is -0.136. The fraction of sp³-hybridized carbons (Fsp3) is 0.222. The number of benzene rings is 1. The van der Waals surface area contributed by atoms with E-state index in [1.807, 2.05) is 0 Å². The maximum Gasteiger partial charge on any atom is 0.304 e. The molecular formula is C9H11NO4S. The molecule has 0 saturated heterocycles. The number of anilines is 1. The Hall–Kier alpha value is -1.56. The van der Waals surface area contributed by atoms with Crippen molar-refractivity contribution in [1.82, 2.24) is 0 Å². The summed E-state index contributed by atoms with van der Waals surface area (Å²) in [6.45, 7) is 0. The van der Waals surface area contributed by atoms with E-state index >= 15 is 0 Å². The quantitative estimate of drug-likeness (QED) is 0.733. The van der Waals surface area contributed by atoms with E-state index in [9.17, 15) is 13.2 Å². The number of sulfone groups is 1. The maximum atomic E-state index is 11.5. The third-order valence-electron chi connectivity index (χ3n) is 1.82. The number of hydrogen-bond acceptors (Lipinski definition) is 4. The molecule has 0 aliphatic heterocycles. The minimum absolute atomic E-state index is 0.0953. The Morgan fingerprint density at radius 1 is 1.27 bits per heavy atom. The first kappa shape index (κ1) is 11.5. The molecule has 3 N–H and O–H groups in total. The van der Waals surface area contributed by atoms with Gasteiger partial charge < -0.3 is 10.8 Å². The van der Waals surface area contributed by atoms with Crippen molar-refractivity contribution in [1.29, 1.82) is 0 Å². The van der Waals surface area contributed by atoms with Crippen LogP contribution in [-0.2, 0) is 14.6 Å². The molecule has 0 bridgehead atoms. The van der Waals surface area contributed by atoms with Crippen molar-refractivity contribution in [2.75, 3.05) is 11.5 Å². The van der Waals surface area contributed by atoms with E-state index in [4.69, 9.17) is 10.8 Å². The predicted octanol–water partition coefficient (Wildman–Crippen LogP) is 0.517. The Balaban J connectivity index is 2.87. The van der Waals surface area contributed by atoms with E-state index in [0.717, 1.165) is 0 Å². The fourth-order valence-corrected chi connectivity index (χ4v) is 2.24. The zero-order valence-electron chi connectivity index (χ0n) is 7.88. The zero-order valence-corrected chi connectivity index (χ0v) is 8.70. The number of carboxylic acids is 1. The van der Waals surface area contributed by atoms with Crippen LogP contribution in [0.4, 0.5) is 5.69 Å². The maximum absolute atomic E-state index is 11.5. The molecule has 15 heavy (non-hydrogen) atoms. The summed E-state index contributed by atoms with van der Waals surface area (Å²) in [6, 6.07) is 5.67. The summed E-state index contributed by atoms with van der Waals surface area (Å²) in [5, 5.41) is 8.38. The first-order valence-electron chi connectivity index (χ1n) is 4.22.